The Morgan fingerprint density at radius 1 is 0.969 bits per heavy atom. The molecule has 11 heteroatoms. The summed E-state index contributed by atoms with van der Waals surface area (Å²) in [4.78, 5) is 11.8. The number of rotatable bonds is 5. The second kappa shape index (κ2) is 9.61. The van der Waals surface area contributed by atoms with Crippen molar-refractivity contribution in [1.82, 2.24) is 0 Å². The highest BCUT2D eigenvalue weighted by atomic mass is 35.5. The topological polar surface area (TPSA) is 108 Å². The van der Waals surface area contributed by atoms with E-state index in [2.05, 4.69) is 16.0 Å². The summed E-state index contributed by atoms with van der Waals surface area (Å²) < 4.78 is 45.6. The van der Waals surface area contributed by atoms with Gasteiger partial charge in [0.15, 0.2) is 5.11 Å². The predicted molar refractivity (Wildman–Crippen MR) is 127 cm³/mol. The Morgan fingerprint density at radius 3 is 2.16 bits per heavy atom. The van der Waals surface area contributed by atoms with Crippen molar-refractivity contribution >= 4 is 62.0 Å². The number of thiocarbonyl (C=S) groups is 1. The zero-order chi connectivity index (χ0) is 23.5. The summed E-state index contributed by atoms with van der Waals surface area (Å²) >= 11 is 11.3. The Kier molecular flexibility index (Phi) is 7.09. The molecule has 0 aliphatic heterocycles. The Labute approximate surface area is 194 Å². The Balaban J connectivity index is 1.65. The van der Waals surface area contributed by atoms with Gasteiger partial charge in [-0.3, -0.25) is 9.35 Å². The van der Waals surface area contributed by atoms with Crippen LogP contribution in [-0.2, 0) is 10.1 Å². The maximum absolute atomic E-state index is 13.7. The molecule has 3 aromatic carbocycles. The largest absolute Gasteiger partial charge is 0.332 e. The Bertz CT molecular complexity index is 1300. The van der Waals surface area contributed by atoms with Crippen molar-refractivity contribution in [3.63, 3.8) is 0 Å². The third kappa shape index (κ3) is 5.60. The Hall–Kier alpha value is -3.05. The lowest BCUT2D eigenvalue weighted by atomic mass is 10.2. The average molecular weight is 494 g/mol. The highest BCUT2D eigenvalue weighted by molar-refractivity contribution is 7.86. The van der Waals surface area contributed by atoms with Gasteiger partial charge in [-0.05, 0) is 73.2 Å². The molecular formula is C21H17ClFN3O4S2. The van der Waals surface area contributed by atoms with Gasteiger partial charge in [0, 0.05) is 17.1 Å². The zero-order valence-corrected chi connectivity index (χ0v) is 18.9. The van der Waals surface area contributed by atoms with Crippen LogP contribution in [0.25, 0.3) is 0 Å². The lowest BCUT2D eigenvalue weighted by Crippen LogP contribution is -2.20. The van der Waals surface area contributed by atoms with Crippen molar-refractivity contribution in [2.45, 2.75) is 11.8 Å². The molecule has 0 atom stereocenters. The first-order chi connectivity index (χ1) is 15.1. The van der Waals surface area contributed by atoms with Crippen molar-refractivity contribution in [2.75, 3.05) is 16.0 Å². The number of anilines is 3. The van der Waals surface area contributed by atoms with Gasteiger partial charge < -0.3 is 16.0 Å². The molecule has 7 nitrogen and oxygen atoms in total. The molecule has 3 aromatic rings. The number of benzene rings is 3. The van der Waals surface area contributed by atoms with E-state index >= 15 is 0 Å². The van der Waals surface area contributed by atoms with Gasteiger partial charge in [-0.25, -0.2) is 4.39 Å². The second-order valence-electron chi connectivity index (χ2n) is 6.62. The van der Waals surface area contributed by atoms with E-state index in [9.17, 15) is 22.2 Å². The molecule has 0 saturated carbocycles. The number of hydrogen-bond acceptors (Lipinski definition) is 4. The van der Waals surface area contributed by atoms with E-state index in [1.54, 1.807) is 37.3 Å². The summed E-state index contributed by atoms with van der Waals surface area (Å²) in [5.74, 6) is -1.18. The minimum absolute atomic E-state index is 0.0610. The summed E-state index contributed by atoms with van der Waals surface area (Å²) in [6.07, 6.45) is 0. The van der Waals surface area contributed by atoms with E-state index in [-0.39, 0.29) is 15.7 Å². The molecule has 1 amide bonds. The predicted octanol–water partition coefficient (Wildman–Crippen LogP) is 5.10. The lowest BCUT2D eigenvalue weighted by molar-refractivity contribution is 0.102. The van der Waals surface area contributed by atoms with Crippen LogP contribution in [0.2, 0.25) is 5.02 Å². The van der Waals surface area contributed by atoms with E-state index < -0.39 is 26.7 Å². The van der Waals surface area contributed by atoms with Crippen LogP contribution in [0.15, 0.2) is 65.6 Å². The molecule has 3 rings (SSSR count). The average Bonchev–Trinajstić information content (AvgIpc) is 2.72. The van der Waals surface area contributed by atoms with Crippen LogP contribution in [0.3, 0.4) is 0 Å². The molecule has 32 heavy (non-hydrogen) atoms. The molecule has 166 valence electrons. The summed E-state index contributed by atoms with van der Waals surface area (Å²) in [5, 5.41) is 8.54. The molecule has 0 fully saturated rings. The minimum atomic E-state index is -4.44. The van der Waals surface area contributed by atoms with Crippen molar-refractivity contribution in [2.24, 2.45) is 0 Å². The first kappa shape index (κ1) is 23.6. The van der Waals surface area contributed by atoms with E-state index in [0.717, 1.165) is 0 Å². The molecular weight excluding hydrogens is 477 g/mol. The third-order valence-electron chi connectivity index (χ3n) is 4.40. The minimum Gasteiger partial charge on any atom is -0.332 e. The van der Waals surface area contributed by atoms with Crippen molar-refractivity contribution in [1.29, 1.82) is 0 Å². The van der Waals surface area contributed by atoms with Gasteiger partial charge >= 0.3 is 0 Å². The number of hydrogen-bond donors (Lipinski definition) is 4. The van der Waals surface area contributed by atoms with Gasteiger partial charge in [0.1, 0.15) is 10.7 Å². The quantitative estimate of drug-likeness (QED) is 0.289. The van der Waals surface area contributed by atoms with E-state index in [1.807, 2.05) is 0 Å². The van der Waals surface area contributed by atoms with Crippen LogP contribution in [-0.4, -0.2) is 24.0 Å². The van der Waals surface area contributed by atoms with E-state index in [4.69, 9.17) is 23.8 Å². The second-order valence-corrected chi connectivity index (χ2v) is 8.79. The molecule has 0 heterocycles. The normalized spacial score (nSPS) is 11.0. The van der Waals surface area contributed by atoms with Crippen LogP contribution in [0.1, 0.15) is 15.9 Å². The smallest absolute Gasteiger partial charge is 0.296 e. The van der Waals surface area contributed by atoms with E-state index in [0.29, 0.717) is 22.6 Å². The molecule has 0 unspecified atom stereocenters. The molecule has 0 spiro atoms. The highest BCUT2D eigenvalue weighted by Gasteiger charge is 2.18. The maximum atomic E-state index is 13.7. The fourth-order valence-corrected chi connectivity index (χ4v) is 4.06. The maximum Gasteiger partial charge on any atom is 0.296 e. The Morgan fingerprint density at radius 2 is 1.56 bits per heavy atom. The molecule has 0 radical (unpaired) electrons. The van der Waals surface area contributed by atoms with Gasteiger partial charge in [0.25, 0.3) is 16.0 Å². The first-order valence-corrected chi connectivity index (χ1v) is 11.3. The first-order valence-electron chi connectivity index (χ1n) is 9.07. The third-order valence-corrected chi connectivity index (χ3v) is 6.10. The van der Waals surface area contributed by atoms with Gasteiger partial charge in [-0.15, -0.1) is 0 Å². The number of carbonyl (C=O) groups is 1. The monoisotopic (exact) mass is 493 g/mol. The number of nitrogens with one attached hydrogen (secondary N) is 3. The summed E-state index contributed by atoms with van der Waals surface area (Å²) in [5.41, 5.74) is 1.84. The number of carbonyl (C=O) groups excluding carboxylic acids is 1. The number of halogens is 2. The molecule has 0 aromatic heterocycles. The molecule has 0 aliphatic rings. The van der Waals surface area contributed by atoms with Crippen LogP contribution >= 0.6 is 23.8 Å². The van der Waals surface area contributed by atoms with Crippen LogP contribution in [0, 0.1) is 12.7 Å². The fourth-order valence-electron chi connectivity index (χ4n) is 2.76. The molecule has 0 saturated heterocycles. The SMILES string of the molecule is Cc1c(NC(=S)Nc2ccc(NC(=O)c3ccccc3F)cc2)ccc(S(=O)(=O)O)c1Cl. The molecule has 4 N–H and O–H groups in total. The standard InChI is InChI=1S/C21H17ClFN3O4S2/c1-12-17(10-11-18(19(12)22)32(28,29)30)26-21(31)25-14-8-6-13(7-9-14)24-20(27)15-4-2-3-5-16(15)23/h2-11H,1H3,(H,24,27)(H2,25,26,31)(H,28,29,30). The van der Waals surface area contributed by atoms with E-state index in [1.165, 1.54) is 30.3 Å². The van der Waals surface area contributed by atoms with Crippen LogP contribution in [0.5, 0.6) is 0 Å². The van der Waals surface area contributed by atoms with Crippen molar-refractivity contribution in [3.05, 3.63) is 82.6 Å². The molecule has 0 bridgehead atoms. The molecule has 0 aliphatic carbocycles. The van der Waals surface area contributed by atoms with Crippen molar-refractivity contribution in [3.8, 4) is 0 Å². The lowest BCUT2D eigenvalue weighted by Gasteiger charge is -2.15. The summed E-state index contributed by atoms with van der Waals surface area (Å²) in [6, 6.07) is 14.8. The van der Waals surface area contributed by atoms with Crippen LogP contribution in [0.4, 0.5) is 21.5 Å². The van der Waals surface area contributed by atoms with Gasteiger partial charge in [0.05, 0.1) is 10.6 Å². The summed E-state index contributed by atoms with van der Waals surface area (Å²) in [7, 11) is -4.44. The van der Waals surface area contributed by atoms with Crippen molar-refractivity contribution < 1.29 is 22.2 Å². The number of amides is 1. The zero-order valence-electron chi connectivity index (χ0n) is 16.5. The highest BCUT2D eigenvalue weighted by Crippen LogP contribution is 2.30. The van der Waals surface area contributed by atoms with Gasteiger partial charge in [-0.2, -0.15) is 8.42 Å². The van der Waals surface area contributed by atoms with Crippen LogP contribution < -0.4 is 16.0 Å². The fraction of sp³-hybridized carbons (Fsp3) is 0.0476. The van der Waals surface area contributed by atoms with Gasteiger partial charge in [0.2, 0.25) is 0 Å². The van der Waals surface area contributed by atoms with Gasteiger partial charge in [-0.1, -0.05) is 23.7 Å². The summed E-state index contributed by atoms with van der Waals surface area (Å²) in [6.45, 7) is 1.58.